The molecule has 0 spiro atoms. The molecule has 0 fully saturated rings. The Morgan fingerprint density at radius 1 is 1.15 bits per heavy atom. The summed E-state index contributed by atoms with van der Waals surface area (Å²) >= 11 is 0. The smallest absolute Gasteiger partial charge is 0.305 e. The fourth-order valence-electron chi connectivity index (χ4n) is 2.28. The highest BCUT2D eigenvalue weighted by molar-refractivity contribution is 7.89. The van der Waals surface area contributed by atoms with Crippen molar-refractivity contribution in [3.63, 3.8) is 0 Å². The fraction of sp³-hybridized carbons (Fsp3) is 0.500. The lowest BCUT2D eigenvalue weighted by Crippen LogP contribution is -2.50. The minimum atomic E-state index is -3.69. The monoisotopic (exact) mass is 388 g/mol. The van der Waals surface area contributed by atoms with Gasteiger partial charge in [-0.3, -0.25) is 9.59 Å². The Labute approximate surface area is 152 Å². The number of hydrogen-bond donors (Lipinski definition) is 3. The highest BCUT2D eigenvalue weighted by Gasteiger charge is 2.30. The summed E-state index contributed by atoms with van der Waals surface area (Å²) < 4.78 is 36.3. The van der Waals surface area contributed by atoms with Crippen LogP contribution in [0.2, 0.25) is 0 Å². The Morgan fingerprint density at radius 2 is 1.77 bits per heavy atom. The van der Waals surface area contributed by atoms with Crippen molar-refractivity contribution in [1.29, 1.82) is 0 Å². The van der Waals surface area contributed by atoms with Gasteiger partial charge in [0.1, 0.15) is 0 Å². The molecule has 0 bridgehead atoms. The summed E-state index contributed by atoms with van der Waals surface area (Å²) in [5.74, 6) is -1.60. The van der Waals surface area contributed by atoms with E-state index in [1.807, 2.05) is 0 Å². The number of carbonyl (C=O) groups excluding carboxylic acids is 1. The normalized spacial score (nSPS) is 13.8. The molecule has 1 unspecified atom stereocenters. The number of rotatable bonds is 11. The minimum Gasteiger partial charge on any atom is -0.481 e. The van der Waals surface area contributed by atoms with Gasteiger partial charge in [0, 0.05) is 26.3 Å². The molecular formula is C16H24N2O7S. The number of amides is 1. The van der Waals surface area contributed by atoms with E-state index in [2.05, 4.69) is 10.0 Å². The van der Waals surface area contributed by atoms with Gasteiger partial charge in [-0.15, -0.1) is 0 Å². The van der Waals surface area contributed by atoms with E-state index in [1.54, 1.807) is 6.92 Å². The first-order valence-electron chi connectivity index (χ1n) is 7.75. The van der Waals surface area contributed by atoms with Gasteiger partial charge in [0.15, 0.2) is 0 Å². The molecule has 1 aromatic rings. The summed E-state index contributed by atoms with van der Waals surface area (Å²) in [6, 6.07) is 5.31. The zero-order valence-corrected chi connectivity index (χ0v) is 15.8. The van der Waals surface area contributed by atoms with Crippen LogP contribution in [0, 0.1) is 0 Å². The van der Waals surface area contributed by atoms with E-state index in [1.165, 1.54) is 38.5 Å². The van der Waals surface area contributed by atoms with Gasteiger partial charge in [-0.25, -0.2) is 13.1 Å². The summed E-state index contributed by atoms with van der Waals surface area (Å²) in [5.41, 5.74) is -0.891. The molecule has 1 atom stereocenters. The average molecular weight is 388 g/mol. The predicted molar refractivity (Wildman–Crippen MR) is 93.5 cm³/mol. The Bertz CT molecular complexity index is 719. The van der Waals surface area contributed by atoms with Crippen LogP contribution < -0.4 is 10.0 Å². The topological polar surface area (TPSA) is 131 Å². The lowest BCUT2D eigenvalue weighted by molar-refractivity contribution is -0.139. The van der Waals surface area contributed by atoms with Crippen molar-refractivity contribution in [2.24, 2.45) is 0 Å². The number of aliphatic carboxylic acids is 1. The van der Waals surface area contributed by atoms with Crippen LogP contribution in [0.25, 0.3) is 0 Å². The van der Waals surface area contributed by atoms with Crippen molar-refractivity contribution in [2.45, 2.75) is 23.8 Å². The summed E-state index contributed by atoms with van der Waals surface area (Å²) in [7, 11) is -0.827. The molecule has 1 rings (SSSR count). The Kier molecular flexibility index (Phi) is 8.15. The van der Waals surface area contributed by atoms with Crippen molar-refractivity contribution in [2.75, 3.05) is 34.0 Å². The van der Waals surface area contributed by atoms with Gasteiger partial charge in [-0.1, -0.05) is 0 Å². The first kappa shape index (κ1) is 22.0. The summed E-state index contributed by atoms with van der Waals surface area (Å²) in [6.07, 6.45) is -0.317. The maximum absolute atomic E-state index is 12.3. The van der Waals surface area contributed by atoms with Crippen LogP contribution in [-0.2, 0) is 24.3 Å². The summed E-state index contributed by atoms with van der Waals surface area (Å²) in [4.78, 5) is 23.3. The molecule has 1 aromatic carbocycles. The third-order valence-corrected chi connectivity index (χ3v) is 4.92. The molecule has 0 aliphatic rings. The zero-order chi connectivity index (χ0) is 19.8. The zero-order valence-electron chi connectivity index (χ0n) is 14.9. The van der Waals surface area contributed by atoms with Crippen molar-refractivity contribution in [3.8, 4) is 0 Å². The van der Waals surface area contributed by atoms with Gasteiger partial charge < -0.3 is 19.9 Å². The van der Waals surface area contributed by atoms with Crippen LogP contribution in [-0.4, -0.2) is 64.9 Å². The van der Waals surface area contributed by atoms with Gasteiger partial charge in [0.25, 0.3) is 5.91 Å². The number of hydrogen-bond acceptors (Lipinski definition) is 6. The number of carboxylic acids is 1. The predicted octanol–water partition coefficient (Wildman–Crippen LogP) is 0.221. The van der Waals surface area contributed by atoms with Gasteiger partial charge in [0.2, 0.25) is 10.0 Å². The maximum Gasteiger partial charge on any atom is 0.305 e. The highest BCUT2D eigenvalue weighted by Crippen LogP contribution is 2.14. The third kappa shape index (κ3) is 6.71. The van der Waals surface area contributed by atoms with Crippen LogP contribution in [0.3, 0.4) is 0 Å². The van der Waals surface area contributed by atoms with Gasteiger partial charge in [-0.2, -0.15) is 0 Å². The van der Waals surface area contributed by atoms with Gasteiger partial charge in [0.05, 0.1) is 30.1 Å². The molecule has 0 aliphatic carbocycles. The molecule has 0 saturated heterocycles. The number of ether oxygens (including phenoxy) is 2. The standard InChI is InChI=1S/C16H24N2O7S/c1-16(11-25-3,10-14(19)20)18-15(21)12-4-6-13(7-5-12)26(22,23)17-8-9-24-2/h4-7,17H,8-11H2,1-3H3,(H,18,21)(H,19,20). The highest BCUT2D eigenvalue weighted by atomic mass is 32.2. The molecule has 0 saturated carbocycles. The number of carboxylic acid groups (broad SMARTS) is 1. The number of nitrogens with one attached hydrogen (secondary N) is 2. The Hall–Kier alpha value is -2.01. The van der Waals surface area contributed by atoms with Crippen LogP contribution >= 0.6 is 0 Å². The second-order valence-corrected chi connectivity index (χ2v) is 7.70. The second-order valence-electron chi connectivity index (χ2n) is 5.93. The summed E-state index contributed by atoms with van der Waals surface area (Å²) in [6.45, 7) is 1.94. The van der Waals surface area contributed by atoms with Gasteiger partial charge >= 0.3 is 5.97 Å². The van der Waals surface area contributed by atoms with E-state index < -0.39 is 27.4 Å². The SMILES string of the molecule is COCCNS(=O)(=O)c1ccc(C(=O)NC(C)(COC)CC(=O)O)cc1. The van der Waals surface area contributed by atoms with Crippen LogP contribution in [0.1, 0.15) is 23.7 Å². The molecular weight excluding hydrogens is 364 g/mol. The molecule has 1 amide bonds. The molecule has 10 heteroatoms. The second kappa shape index (κ2) is 9.62. The molecule has 0 aliphatic heterocycles. The fourth-order valence-corrected chi connectivity index (χ4v) is 3.29. The number of sulfonamides is 1. The number of carbonyl (C=O) groups is 2. The molecule has 0 aromatic heterocycles. The van der Waals surface area contributed by atoms with E-state index in [0.29, 0.717) is 0 Å². The lowest BCUT2D eigenvalue weighted by atomic mass is 9.98. The Morgan fingerprint density at radius 3 is 2.27 bits per heavy atom. The number of benzene rings is 1. The molecule has 3 N–H and O–H groups in total. The maximum atomic E-state index is 12.3. The van der Waals surface area contributed by atoms with Crippen LogP contribution in [0.4, 0.5) is 0 Å². The third-order valence-electron chi connectivity index (χ3n) is 3.44. The average Bonchev–Trinajstić information content (AvgIpc) is 2.54. The molecule has 9 nitrogen and oxygen atoms in total. The van der Waals surface area contributed by atoms with E-state index in [-0.39, 0.29) is 36.6 Å². The lowest BCUT2D eigenvalue weighted by Gasteiger charge is -2.28. The van der Waals surface area contributed by atoms with Crippen LogP contribution in [0.5, 0.6) is 0 Å². The molecule has 26 heavy (non-hydrogen) atoms. The van der Waals surface area contributed by atoms with E-state index in [9.17, 15) is 18.0 Å². The number of methoxy groups -OCH3 is 2. The molecule has 146 valence electrons. The van der Waals surface area contributed by atoms with E-state index >= 15 is 0 Å². The van der Waals surface area contributed by atoms with Crippen LogP contribution in [0.15, 0.2) is 29.2 Å². The van der Waals surface area contributed by atoms with Crippen molar-refractivity contribution in [3.05, 3.63) is 29.8 Å². The first-order chi connectivity index (χ1) is 12.1. The largest absolute Gasteiger partial charge is 0.481 e. The molecule has 0 heterocycles. The van der Waals surface area contributed by atoms with E-state index in [0.717, 1.165) is 0 Å². The van der Waals surface area contributed by atoms with Gasteiger partial charge in [-0.05, 0) is 31.2 Å². The van der Waals surface area contributed by atoms with E-state index in [4.69, 9.17) is 14.6 Å². The molecule has 0 radical (unpaired) electrons. The van der Waals surface area contributed by atoms with Crippen molar-refractivity contribution < 1.29 is 32.6 Å². The van der Waals surface area contributed by atoms with Crippen molar-refractivity contribution in [1.82, 2.24) is 10.0 Å². The van der Waals surface area contributed by atoms with Crippen molar-refractivity contribution >= 4 is 21.9 Å². The minimum absolute atomic E-state index is 0.00958. The summed E-state index contributed by atoms with van der Waals surface area (Å²) in [5, 5.41) is 11.6. The quantitative estimate of drug-likeness (QED) is 0.462. The first-order valence-corrected chi connectivity index (χ1v) is 9.24. The Balaban J connectivity index is 2.87.